The van der Waals surface area contributed by atoms with Gasteiger partial charge in [-0.25, -0.2) is 4.98 Å². The molecule has 8 heteroatoms. The normalized spacial score (nSPS) is 9.94. The van der Waals surface area contributed by atoms with Crippen LogP contribution in [0.25, 0.3) is 0 Å². The van der Waals surface area contributed by atoms with Crippen LogP contribution in [0.3, 0.4) is 0 Å². The van der Waals surface area contributed by atoms with Crippen molar-refractivity contribution in [2.75, 3.05) is 12.8 Å². The Morgan fingerprint density at radius 3 is 2.88 bits per heavy atom. The summed E-state index contributed by atoms with van der Waals surface area (Å²) >= 11 is 1.44. The van der Waals surface area contributed by atoms with E-state index in [9.17, 15) is 14.4 Å². The largest absolute Gasteiger partial charge is 0.480 e. The maximum Gasteiger partial charge on any atom is 0.322 e. The molecule has 0 aliphatic rings. The standard InChI is InChI=1S/C9H11N3O4S/c1-17-4-6-11-5(2-7(13)12-6)9(16)10-3-8(14)15/h2H,3-4H2,1H3,(H,10,16)(H,14,15)(H,11,12,13). The first-order valence-electron chi connectivity index (χ1n) is 4.62. The number of carboxylic acids is 1. The first kappa shape index (κ1) is 13.2. The molecule has 0 aromatic carbocycles. The lowest BCUT2D eigenvalue weighted by Crippen LogP contribution is -2.31. The van der Waals surface area contributed by atoms with E-state index in [0.717, 1.165) is 6.07 Å². The lowest BCUT2D eigenvalue weighted by atomic mass is 10.3. The highest BCUT2D eigenvalue weighted by Crippen LogP contribution is 2.02. The van der Waals surface area contributed by atoms with E-state index in [2.05, 4.69) is 15.3 Å². The number of carbonyl (C=O) groups is 2. The second-order valence-electron chi connectivity index (χ2n) is 3.09. The van der Waals surface area contributed by atoms with Crippen molar-refractivity contribution >= 4 is 23.6 Å². The maximum absolute atomic E-state index is 11.5. The molecule has 0 radical (unpaired) electrons. The van der Waals surface area contributed by atoms with Crippen molar-refractivity contribution in [2.24, 2.45) is 0 Å². The van der Waals surface area contributed by atoms with Crippen molar-refractivity contribution in [2.45, 2.75) is 5.75 Å². The summed E-state index contributed by atoms with van der Waals surface area (Å²) in [4.78, 5) is 39.4. The van der Waals surface area contributed by atoms with Crippen LogP contribution in [0, 0.1) is 0 Å². The second-order valence-corrected chi connectivity index (χ2v) is 3.95. The molecule has 17 heavy (non-hydrogen) atoms. The summed E-state index contributed by atoms with van der Waals surface area (Å²) in [5, 5.41) is 10.5. The lowest BCUT2D eigenvalue weighted by molar-refractivity contribution is -0.135. The van der Waals surface area contributed by atoms with E-state index < -0.39 is 24.0 Å². The van der Waals surface area contributed by atoms with E-state index in [1.54, 1.807) is 0 Å². The predicted molar refractivity (Wildman–Crippen MR) is 62.0 cm³/mol. The summed E-state index contributed by atoms with van der Waals surface area (Å²) in [5.41, 5.74) is -0.524. The number of nitrogens with zero attached hydrogens (tertiary/aromatic N) is 1. The molecule has 0 aliphatic carbocycles. The van der Waals surface area contributed by atoms with Crippen LogP contribution in [-0.4, -0.2) is 39.8 Å². The van der Waals surface area contributed by atoms with Gasteiger partial charge in [-0.1, -0.05) is 0 Å². The molecule has 1 aromatic heterocycles. The third-order valence-corrected chi connectivity index (χ3v) is 2.27. The van der Waals surface area contributed by atoms with Crippen molar-refractivity contribution in [1.29, 1.82) is 0 Å². The van der Waals surface area contributed by atoms with E-state index in [1.165, 1.54) is 11.8 Å². The van der Waals surface area contributed by atoms with E-state index in [-0.39, 0.29) is 5.69 Å². The van der Waals surface area contributed by atoms with E-state index in [1.807, 2.05) is 6.26 Å². The van der Waals surface area contributed by atoms with Gasteiger partial charge in [-0.05, 0) is 6.26 Å². The van der Waals surface area contributed by atoms with Gasteiger partial charge in [0.15, 0.2) is 0 Å². The fourth-order valence-corrected chi connectivity index (χ4v) is 1.49. The summed E-state index contributed by atoms with van der Waals surface area (Å²) in [5.74, 6) is -0.992. The number of carbonyl (C=O) groups excluding carboxylic acids is 1. The number of thioether (sulfide) groups is 1. The molecule has 1 heterocycles. The number of H-pyrrole nitrogens is 1. The molecule has 0 saturated heterocycles. The summed E-state index contributed by atoms with van der Waals surface area (Å²) in [6, 6.07) is 1.03. The Morgan fingerprint density at radius 1 is 1.59 bits per heavy atom. The number of hydrogen-bond donors (Lipinski definition) is 3. The fraction of sp³-hybridized carbons (Fsp3) is 0.333. The van der Waals surface area contributed by atoms with Gasteiger partial charge in [0.1, 0.15) is 18.1 Å². The minimum Gasteiger partial charge on any atom is -0.480 e. The second kappa shape index (κ2) is 6.04. The van der Waals surface area contributed by atoms with Crippen LogP contribution in [0.1, 0.15) is 16.3 Å². The van der Waals surface area contributed by atoms with Gasteiger partial charge in [0.05, 0.1) is 5.75 Å². The highest BCUT2D eigenvalue weighted by atomic mass is 32.2. The molecule has 0 atom stereocenters. The average Bonchev–Trinajstić information content (AvgIpc) is 2.25. The van der Waals surface area contributed by atoms with E-state index in [0.29, 0.717) is 11.6 Å². The first-order valence-corrected chi connectivity index (χ1v) is 6.01. The smallest absolute Gasteiger partial charge is 0.322 e. The molecule has 0 unspecified atom stereocenters. The topological polar surface area (TPSA) is 112 Å². The van der Waals surface area contributed by atoms with Gasteiger partial charge >= 0.3 is 5.97 Å². The highest BCUT2D eigenvalue weighted by molar-refractivity contribution is 7.97. The lowest BCUT2D eigenvalue weighted by Gasteiger charge is -2.03. The molecule has 1 aromatic rings. The number of aromatic amines is 1. The number of amides is 1. The Hall–Kier alpha value is -1.83. The fourth-order valence-electron chi connectivity index (χ4n) is 1.08. The van der Waals surface area contributed by atoms with E-state index >= 15 is 0 Å². The van der Waals surface area contributed by atoms with Crippen molar-refractivity contribution in [3.63, 3.8) is 0 Å². The van der Waals surface area contributed by atoms with Crippen LogP contribution in [0.15, 0.2) is 10.9 Å². The summed E-state index contributed by atoms with van der Waals surface area (Å²) < 4.78 is 0. The van der Waals surface area contributed by atoms with Crippen molar-refractivity contribution < 1.29 is 14.7 Å². The van der Waals surface area contributed by atoms with Crippen molar-refractivity contribution in [1.82, 2.24) is 15.3 Å². The molecule has 0 saturated carbocycles. The third-order valence-electron chi connectivity index (χ3n) is 1.70. The van der Waals surface area contributed by atoms with Gasteiger partial charge in [-0.3, -0.25) is 14.4 Å². The number of nitrogens with one attached hydrogen (secondary N) is 2. The Bertz CT molecular complexity index is 485. The molecule has 0 bridgehead atoms. The van der Waals surface area contributed by atoms with Crippen LogP contribution >= 0.6 is 11.8 Å². The SMILES string of the molecule is CSCc1nc(C(=O)NCC(=O)O)cc(=O)[nH]1. The Balaban J connectivity index is 2.85. The molecule has 0 aliphatic heterocycles. The minimum atomic E-state index is -1.16. The summed E-state index contributed by atoms with van der Waals surface area (Å²) in [6.07, 6.45) is 1.83. The third kappa shape index (κ3) is 4.27. The zero-order chi connectivity index (χ0) is 12.8. The number of aliphatic carboxylic acids is 1. The number of rotatable bonds is 5. The quantitative estimate of drug-likeness (QED) is 0.652. The van der Waals surface area contributed by atoms with Crippen LogP contribution in [0.5, 0.6) is 0 Å². The summed E-state index contributed by atoms with van der Waals surface area (Å²) in [7, 11) is 0. The van der Waals surface area contributed by atoms with Crippen LogP contribution in [-0.2, 0) is 10.5 Å². The Kier molecular flexibility index (Phi) is 4.70. The van der Waals surface area contributed by atoms with Crippen LogP contribution in [0.2, 0.25) is 0 Å². The number of aromatic nitrogens is 2. The molecule has 1 amide bonds. The molecular weight excluding hydrogens is 246 g/mol. The zero-order valence-electron chi connectivity index (χ0n) is 9.02. The van der Waals surface area contributed by atoms with Crippen LogP contribution < -0.4 is 10.9 Å². The first-order chi connectivity index (χ1) is 8.02. The van der Waals surface area contributed by atoms with Gasteiger partial charge in [-0.2, -0.15) is 11.8 Å². The van der Waals surface area contributed by atoms with Gasteiger partial charge in [0.25, 0.3) is 11.5 Å². The molecule has 7 nitrogen and oxygen atoms in total. The van der Waals surface area contributed by atoms with Crippen molar-refractivity contribution in [3.05, 3.63) is 27.9 Å². The van der Waals surface area contributed by atoms with Gasteiger partial charge in [0, 0.05) is 6.07 Å². The summed E-state index contributed by atoms with van der Waals surface area (Å²) in [6.45, 7) is -0.509. The molecule has 92 valence electrons. The Labute approximate surface area is 101 Å². The van der Waals surface area contributed by atoms with Crippen LogP contribution in [0.4, 0.5) is 0 Å². The molecule has 1 rings (SSSR count). The molecular formula is C9H11N3O4S. The zero-order valence-corrected chi connectivity index (χ0v) is 9.84. The number of carboxylic acid groups (broad SMARTS) is 1. The average molecular weight is 257 g/mol. The Morgan fingerprint density at radius 2 is 2.29 bits per heavy atom. The molecule has 0 fully saturated rings. The minimum absolute atomic E-state index is 0.0842. The number of hydrogen-bond acceptors (Lipinski definition) is 5. The van der Waals surface area contributed by atoms with Gasteiger partial charge < -0.3 is 15.4 Å². The predicted octanol–water partition coefficient (Wildman–Crippen LogP) is -0.553. The highest BCUT2D eigenvalue weighted by Gasteiger charge is 2.10. The maximum atomic E-state index is 11.5. The van der Waals surface area contributed by atoms with Gasteiger partial charge in [-0.15, -0.1) is 0 Å². The monoisotopic (exact) mass is 257 g/mol. The van der Waals surface area contributed by atoms with E-state index in [4.69, 9.17) is 5.11 Å². The van der Waals surface area contributed by atoms with Gasteiger partial charge in [0.2, 0.25) is 0 Å². The van der Waals surface area contributed by atoms with Crippen molar-refractivity contribution in [3.8, 4) is 0 Å². The molecule has 0 spiro atoms. The molecule has 3 N–H and O–H groups in total.